The summed E-state index contributed by atoms with van der Waals surface area (Å²) in [5, 5.41) is 19.9. The van der Waals surface area contributed by atoms with E-state index in [1.165, 1.54) is 4.80 Å². The summed E-state index contributed by atoms with van der Waals surface area (Å²) in [6.07, 6.45) is -0.178. The number of hydrogen-bond donors (Lipinski definition) is 1. The Balaban J connectivity index is 2.27. The summed E-state index contributed by atoms with van der Waals surface area (Å²) < 4.78 is 5.54. The zero-order valence-corrected chi connectivity index (χ0v) is 18.6. The molecule has 1 N–H and O–H groups in total. The van der Waals surface area contributed by atoms with Crippen LogP contribution in [0.5, 0.6) is 5.75 Å². The molecule has 1 unspecified atom stereocenters. The van der Waals surface area contributed by atoms with Gasteiger partial charge in [-0.15, -0.1) is 15.0 Å². The summed E-state index contributed by atoms with van der Waals surface area (Å²) in [4.78, 5) is 13.7. The van der Waals surface area contributed by atoms with Crippen molar-refractivity contribution in [3.63, 3.8) is 0 Å². The first-order valence-electron chi connectivity index (χ1n) is 9.72. The highest BCUT2D eigenvalue weighted by Crippen LogP contribution is 2.35. The van der Waals surface area contributed by atoms with Crippen molar-refractivity contribution in [3.8, 4) is 11.4 Å². The van der Waals surface area contributed by atoms with E-state index in [9.17, 15) is 9.90 Å². The Morgan fingerprint density at radius 3 is 2.50 bits per heavy atom. The number of hydrogen-bond acceptors (Lipinski definition) is 5. The minimum absolute atomic E-state index is 0.277. The van der Waals surface area contributed by atoms with Crippen LogP contribution in [-0.2, 0) is 16.6 Å². The second-order valence-electron chi connectivity index (χ2n) is 8.56. The summed E-state index contributed by atoms with van der Waals surface area (Å²) in [6, 6.07) is 8.84. The fraction of sp³-hybridized carbons (Fsp3) is 0.348. The number of nitrogens with zero attached hydrogens (tertiary/aromatic N) is 3. The summed E-state index contributed by atoms with van der Waals surface area (Å²) in [5.74, 6) is -0.133. The molecule has 1 heterocycles. The molecule has 1 aromatic heterocycles. The van der Waals surface area contributed by atoms with Crippen LogP contribution in [0.3, 0.4) is 0 Å². The number of esters is 1. The second kappa shape index (κ2) is 8.20. The van der Waals surface area contributed by atoms with E-state index in [2.05, 4.69) is 37.5 Å². The summed E-state index contributed by atoms with van der Waals surface area (Å²) in [7, 11) is 0. The molecule has 3 aromatic rings. The van der Waals surface area contributed by atoms with Gasteiger partial charge in [0.1, 0.15) is 16.8 Å². The van der Waals surface area contributed by atoms with Crippen LogP contribution in [0.4, 0.5) is 0 Å². The minimum atomic E-state index is -0.576. The Morgan fingerprint density at radius 2 is 1.90 bits per heavy atom. The smallest absolute Gasteiger partial charge is 0.338 e. The van der Waals surface area contributed by atoms with Crippen LogP contribution < -0.4 is 4.74 Å². The Labute approximate surface area is 181 Å². The van der Waals surface area contributed by atoms with Crippen molar-refractivity contribution in [2.24, 2.45) is 0 Å². The van der Waals surface area contributed by atoms with Crippen molar-refractivity contribution in [2.45, 2.75) is 52.6 Å². The van der Waals surface area contributed by atoms with E-state index in [1.807, 2.05) is 6.07 Å². The fourth-order valence-electron chi connectivity index (χ4n) is 3.24. The first-order valence-corrected chi connectivity index (χ1v) is 10.1. The predicted octanol–water partition coefficient (Wildman–Crippen LogP) is 4.78. The zero-order chi connectivity index (χ0) is 22.2. The molecule has 7 heteroatoms. The predicted molar refractivity (Wildman–Crippen MR) is 118 cm³/mol. The van der Waals surface area contributed by atoms with E-state index in [0.29, 0.717) is 39.5 Å². The van der Waals surface area contributed by atoms with E-state index in [1.54, 1.807) is 38.1 Å². The third-order valence-corrected chi connectivity index (χ3v) is 4.86. The van der Waals surface area contributed by atoms with Crippen molar-refractivity contribution < 1.29 is 14.6 Å². The molecule has 6 nitrogen and oxygen atoms in total. The number of halogens is 1. The van der Waals surface area contributed by atoms with Crippen LogP contribution in [0.15, 0.2) is 42.5 Å². The fourth-order valence-corrected chi connectivity index (χ4v) is 3.40. The number of aliphatic hydroxyl groups excluding tert-OH is 1. The standard InChI is InChI=1S/C23H26ClN3O3/c1-13(2)22(29)30-16-11-18(23(4,5)6)17(9-14(3)28)21(12-16)27-25-19-8-7-15(24)10-20(19)26-27/h7-8,10-12,14,28H,1,9H2,2-6H3. The summed E-state index contributed by atoms with van der Waals surface area (Å²) in [6.45, 7) is 13.2. The Kier molecular flexibility index (Phi) is 6.01. The van der Waals surface area contributed by atoms with E-state index in [4.69, 9.17) is 16.3 Å². The van der Waals surface area contributed by atoms with Gasteiger partial charge in [-0.3, -0.25) is 0 Å². The molecule has 0 amide bonds. The second-order valence-corrected chi connectivity index (χ2v) is 9.00. The molecule has 0 aliphatic carbocycles. The molecule has 0 aliphatic heterocycles. The lowest BCUT2D eigenvalue weighted by atomic mass is 9.81. The maximum absolute atomic E-state index is 12.1. The van der Waals surface area contributed by atoms with Crippen LogP contribution >= 0.6 is 11.6 Å². The van der Waals surface area contributed by atoms with Gasteiger partial charge in [0.05, 0.1) is 11.8 Å². The van der Waals surface area contributed by atoms with Crippen molar-refractivity contribution >= 4 is 28.6 Å². The molecular formula is C23H26ClN3O3. The molecule has 0 bridgehead atoms. The van der Waals surface area contributed by atoms with E-state index < -0.39 is 12.1 Å². The minimum Gasteiger partial charge on any atom is -0.423 e. The van der Waals surface area contributed by atoms with Gasteiger partial charge in [-0.2, -0.15) is 0 Å². The van der Waals surface area contributed by atoms with E-state index >= 15 is 0 Å². The molecule has 0 fully saturated rings. The Morgan fingerprint density at radius 1 is 1.23 bits per heavy atom. The van der Waals surface area contributed by atoms with Crippen molar-refractivity contribution in [3.05, 3.63) is 58.6 Å². The van der Waals surface area contributed by atoms with Crippen LogP contribution in [-0.4, -0.2) is 32.2 Å². The van der Waals surface area contributed by atoms with Crippen molar-refractivity contribution in [2.75, 3.05) is 0 Å². The summed E-state index contributed by atoms with van der Waals surface area (Å²) in [5.41, 5.74) is 3.82. The van der Waals surface area contributed by atoms with Crippen molar-refractivity contribution in [1.82, 2.24) is 15.0 Å². The monoisotopic (exact) mass is 427 g/mol. The molecule has 30 heavy (non-hydrogen) atoms. The average Bonchev–Trinajstić information content (AvgIpc) is 3.04. The number of ether oxygens (including phenoxy) is 1. The third kappa shape index (κ3) is 4.71. The van der Waals surface area contributed by atoms with Crippen LogP contribution in [0.25, 0.3) is 16.7 Å². The van der Waals surface area contributed by atoms with Gasteiger partial charge in [0.15, 0.2) is 0 Å². The number of benzene rings is 2. The van der Waals surface area contributed by atoms with Gasteiger partial charge in [-0.1, -0.05) is 39.0 Å². The number of fused-ring (bicyclic) bond motifs is 1. The molecule has 0 saturated heterocycles. The Bertz CT molecular complexity index is 1130. The normalized spacial score (nSPS) is 12.8. The number of rotatable bonds is 5. The average molecular weight is 428 g/mol. The molecule has 3 rings (SSSR count). The van der Waals surface area contributed by atoms with Crippen LogP contribution in [0.2, 0.25) is 5.02 Å². The van der Waals surface area contributed by atoms with Crippen LogP contribution in [0.1, 0.15) is 45.7 Å². The van der Waals surface area contributed by atoms with Gasteiger partial charge in [0, 0.05) is 23.1 Å². The molecule has 1 atom stereocenters. The number of aromatic nitrogens is 3. The number of carbonyl (C=O) groups excluding carboxylic acids is 1. The molecule has 0 saturated carbocycles. The highest BCUT2D eigenvalue weighted by Gasteiger charge is 2.25. The molecular weight excluding hydrogens is 402 g/mol. The lowest BCUT2D eigenvalue weighted by molar-refractivity contribution is -0.130. The van der Waals surface area contributed by atoms with Gasteiger partial charge in [0.25, 0.3) is 0 Å². The van der Waals surface area contributed by atoms with Gasteiger partial charge < -0.3 is 9.84 Å². The molecule has 158 valence electrons. The lowest BCUT2D eigenvalue weighted by Crippen LogP contribution is -2.21. The highest BCUT2D eigenvalue weighted by atomic mass is 35.5. The highest BCUT2D eigenvalue weighted by molar-refractivity contribution is 6.31. The SMILES string of the molecule is C=C(C)C(=O)Oc1cc(-n2nc3ccc(Cl)cc3n2)c(CC(C)O)c(C(C)(C)C)c1. The van der Waals surface area contributed by atoms with Gasteiger partial charge in [-0.05, 0) is 54.7 Å². The van der Waals surface area contributed by atoms with E-state index in [-0.39, 0.29) is 5.41 Å². The number of carbonyl (C=O) groups is 1. The molecule has 2 aromatic carbocycles. The first-order chi connectivity index (χ1) is 14.0. The van der Waals surface area contributed by atoms with Crippen molar-refractivity contribution in [1.29, 1.82) is 0 Å². The lowest BCUT2D eigenvalue weighted by Gasteiger charge is -2.26. The quantitative estimate of drug-likeness (QED) is 0.360. The first kappa shape index (κ1) is 22.0. The molecule has 0 radical (unpaired) electrons. The maximum atomic E-state index is 12.1. The Hall–Kier alpha value is -2.70. The topological polar surface area (TPSA) is 77.2 Å². The van der Waals surface area contributed by atoms with Gasteiger partial charge in [0.2, 0.25) is 0 Å². The molecule has 0 spiro atoms. The zero-order valence-electron chi connectivity index (χ0n) is 17.9. The molecule has 0 aliphatic rings. The van der Waals surface area contributed by atoms with Crippen LogP contribution in [0, 0.1) is 0 Å². The largest absolute Gasteiger partial charge is 0.423 e. The van der Waals surface area contributed by atoms with Gasteiger partial charge in [-0.25, -0.2) is 4.79 Å². The van der Waals surface area contributed by atoms with E-state index in [0.717, 1.165) is 11.1 Å². The maximum Gasteiger partial charge on any atom is 0.338 e. The number of aliphatic hydroxyl groups is 1. The third-order valence-electron chi connectivity index (χ3n) is 4.62. The van der Waals surface area contributed by atoms with Gasteiger partial charge >= 0.3 is 5.97 Å². The summed E-state index contributed by atoms with van der Waals surface area (Å²) >= 11 is 6.10.